The van der Waals surface area contributed by atoms with E-state index in [-0.39, 0.29) is 18.5 Å². The maximum Gasteiger partial charge on any atom is 0.319 e. The topological polar surface area (TPSA) is 78.4 Å². The van der Waals surface area contributed by atoms with Crippen LogP contribution < -0.4 is 10.6 Å². The molecule has 6 heteroatoms. The number of aryl methyl sites for hydroxylation is 2. The molecule has 0 aliphatic heterocycles. The largest absolute Gasteiger partial charge is 0.481 e. The molecule has 0 saturated carbocycles. The number of anilines is 1. The van der Waals surface area contributed by atoms with Gasteiger partial charge in [0.1, 0.15) is 0 Å². The summed E-state index contributed by atoms with van der Waals surface area (Å²) in [6.45, 7) is 5.73. The van der Waals surface area contributed by atoms with Crippen LogP contribution in [-0.2, 0) is 4.79 Å². The predicted molar refractivity (Wildman–Crippen MR) is 86.7 cm³/mol. The number of carboxylic acid groups (broad SMARTS) is 1. The molecule has 0 aliphatic carbocycles. The third-order valence-electron chi connectivity index (χ3n) is 3.14. The van der Waals surface area contributed by atoms with Gasteiger partial charge in [-0.2, -0.15) is 0 Å². The molecule has 0 spiro atoms. The summed E-state index contributed by atoms with van der Waals surface area (Å²) in [5.41, 5.74) is 2.76. The van der Waals surface area contributed by atoms with Gasteiger partial charge >= 0.3 is 12.0 Å². The Balaban J connectivity index is 2.52. The Morgan fingerprint density at radius 1 is 1.29 bits per heavy atom. The lowest BCUT2D eigenvalue weighted by Crippen LogP contribution is -2.36. The first-order valence-corrected chi connectivity index (χ1v) is 7.65. The van der Waals surface area contributed by atoms with Crippen LogP contribution in [0.15, 0.2) is 16.6 Å². The molecule has 0 aliphatic rings. The van der Waals surface area contributed by atoms with Gasteiger partial charge in [-0.05, 0) is 56.9 Å². The molecular weight excluding hydrogens is 336 g/mol. The third-order valence-corrected chi connectivity index (χ3v) is 3.60. The van der Waals surface area contributed by atoms with Crippen molar-refractivity contribution in [1.82, 2.24) is 5.32 Å². The molecule has 116 valence electrons. The monoisotopic (exact) mass is 356 g/mol. The van der Waals surface area contributed by atoms with Gasteiger partial charge in [-0.3, -0.25) is 4.79 Å². The van der Waals surface area contributed by atoms with E-state index in [9.17, 15) is 9.59 Å². The molecule has 0 aromatic heterocycles. The molecule has 1 rings (SSSR count). The van der Waals surface area contributed by atoms with Crippen LogP contribution in [0.1, 0.15) is 37.3 Å². The van der Waals surface area contributed by atoms with E-state index in [4.69, 9.17) is 5.11 Å². The van der Waals surface area contributed by atoms with Crippen LogP contribution in [0.2, 0.25) is 0 Å². The van der Waals surface area contributed by atoms with Crippen molar-refractivity contribution in [3.63, 3.8) is 0 Å². The zero-order valence-corrected chi connectivity index (χ0v) is 14.1. The summed E-state index contributed by atoms with van der Waals surface area (Å²) >= 11 is 3.42. The van der Waals surface area contributed by atoms with Crippen LogP contribution >= 0.6 is 15.9 Å². The average molecular weight is 357 g/mol. The normalized spacial score (nSPS) is 11.8. The highest BCUT2D eigenvalue weighted by Crippen LogP contribution is 2.24. The molecule has 5 nitrogen and oxygen atoms in total. The lowest BCUT2D eigenvalue weighted by atomic mass is 10.1. The summed E-state index contributed by atoms with van der Waals surface area (Å²) in [5.74, 6) is -0.812. The maximum absolute atomic E-state index is 12.0. The van der Waals surface area contributed by atoms with E-state index in [0.717, 1.165) is 21.3 Å². The second-order valence-corrected chi connectivity index (χ2v) is 6.12. The SMILES string of the molecule is Cc1cc(Br)cc(C)c1NC(=O)NC(C)CCCC(=O)O. The molecule has 0 fully saturated rings. The molecule has 1 aromatic rings. The number of halogens is 1. The number of amides is 2. The minimum absolute atomic E-state index is 0.0691. The van der Waals surface area contributed by atoms with Gasteiger partial charge in [0.05, 0.1) is 0 Å². The number of benzene rings is 1. The fraction of sp³-hybridized carbons (Fsp3) is 0.467. The van der Waals surface area contributed by atoms with E-state index in [1.807, 2.05) is 32.9 Å². The van der Waals surface area contributed by atoms with Crippen molar-refractivity contribution in [1.29, 1.82) is 0 Å². The predicted octanol–water partition coefficient (Wildman–Crippen LogP) is 3.83. The van der Waals surface area contributed by atoms with Crippen molar-refractivity contribution >= 4 is 33.6 Å². The quantitative estimate of drug-likeness (QED) is 0.724. The Bertz CT molecular complexity index is 509. The Hall–Kier alpha value is -1.56. The van der Waals surface area contributed by atoms with Gasteiger partial charge in [0.25, 0.3) is 0 Å². The molecule has 2 amide bonds. The fourth-order valence-electron chi connectivity index (χ4n) is 2.11. The van der Waals surface area contributed by atoms with E-state index in [1.165, 1.54) is 0 Å². The molecule has 0 radical (unpaired) electrons. The summed E-state index contributed by atoms with van der Waals surface area (Å²) in [4.78, 5) is 22.4. The summed E-state index contributed by atoms with van der Waals surface area (Å²) in [6, 6.07) is 3.55. The Labute approximate surface area is 133 Å². The zero-order chi connectivity index (χ0) is 16.0. The van der Waals surface area contributed by atoms with Gasteiger partial charge in [-0.1, -0.05) is 15.9 Å². The number of rotatable bonds is 6. The highest BCUT2D eigenvalue weighted by Gasteiger charge is 2.11. The maximum atomic E-state index is 12.0. The van der Waals surface area contributed by atoms with E-state index in [1.54, 1.807) is 0 Å². The number of hydrogen-bond acceptors (Lipinski definition) is 2. The van der Waals surface area contributed by atoms with Gasteiger partial charge < -0.3 is 15.7 Å². The van der Waals surface area contributed by atoms with Crippen LogP contribution in [0, 0.1) is 13.8 Å². The van der Waals surface area contributed by atoms with Crippen molar-refractivity contribution < 1.29 is 14.7 Å². The van der Waals surface area contributed by atoms with Gasteiger partial charge in [-0.15, -0.1) is 0 Å². The molecule has 0 heterocycles. The average Bonchev–Trinajstić information content (AvgIpc) is 2.33. The minimum atomic E-state index is -0.812. The van der Waals surface area contributed by atoms with E-state index < -0.39 is 5.97 Å². The summed E-state index contributed by atoms with van der Waals surface area (Å²) < 4.78 is 0.977. The fourth-order valence-corrected chi connectivity index (χ4v) is 2.80. The first-order chi connectivity index (χ1) is 9.79. The van der Waals surface area contributed by atoms with Crippen molar-refractivity contribution in [2.24, 2.45) is 0 Å². The van der Waals surface area contributed by atoms with Gasteiger partial charge in [0.15, 0.2) is 0 Å². The second-order valence-electron chi connectivity index (χ2n) is 5.20. The molecule has 0 saturated heterocycles. The number of carboxylic acids is 1. The number of hydrogen-bond donors (Lipinski definition) is 3. The van der Waals surface area contributed by atoms with Crippen LogP contribution in [0.5, 0.6) is 0 Å². The molecule has 1 atom stereocenters. The summed E-state index contributed by atoms with van der Waals surface area (Å²) in [5, 5.41) is 14.2. The standard InChI is InChI=1S/C15H21BrN2O3/c1-9-7-12(16)8-10(2)14(9)18-15(21)17-11(3)5-4-6-13(19)20/h7-8,11H,4-6H2,1-3H3,(H,19,20)(H2,17,18,21). The third kappa shape index (κ3) is 6.16. The van der Waals surface area contributed by atoms with Crippen molar-refractivity contribution in [2.45, 2.75) is 46.1 Å². The van der Waals surface area contributed by atoms with Crippen molar-refractivity contribution in [3.8, 4) is 0 Å². The first kappa shape index (κ1) is 17.5. The van der Waals surface area contributed by atoms with E-state index >= 15 is 0 Å². The lowest BCUT2D eigenvalue weighted by Gasteiger charge is -2.16. The van der Waals surface area contributed by atoms with Crippen LogP contribution in [-0.4, -0.2) is 23.1 Å². The molecular formula is C15H21BrN2O3. The Kier molecular flexibility index (Phi) is 6.68. The van der Waals surface area contributed by atoms with Crippen molar-refractivity contribution in [2.75, 3.05) is 5.32 Å². The number of nitrogens with one attached hydrogen (secondary N) is 2. The van der Waals surface area contributed by atoms with Crippen molar-refractivity contribution in [3.05, 3.63) is 27.7 Å². The molecule has 1 aromatic carbocycles. The molecule has 1 unspecified atom stereocenters. The van der Waals surface area contributed by atoms with Crippen LogP contribution in [0.4, 0.5) is 10.5 Å². The lowest BCUT2D eigenvalue weighted by molar-refractivity contribution is -0.137. The first-order valence-electron chi connectivity index (χ1n) is 6.85. The molecule has 0 bridgehead atoms. The number of aliphatic carboxylic acids is 1. The van der Waals surface area contributed by atoms with Gasteiger partial charge in [0.2, 0.25) is 0 Å². The zero-order valence-electron chi connectivity index (χ0n) is 12.5. The minimum Gasteiger partial charge on any atom is -0.481 e. The summed E-state index contributed by atoms with van der Waals surface area (Å²) in [7, 11) is 0. The highest BCUT2D eigenvalue weighted by molar-refractivity contribution is 9.10. The molecule has 21 heavy (non-hydrogen) atoms. The van der Waals surface area contributed by atoms with E-state index in [0.29, 0.717) is 12.8 Å². The Morgan fingerprint density at radius 3 is 2.38 bits per heavy atom. The van der Waals surface area contributed by atoms with Gasteiger partial charge in [0, 0.05) is 22.6 Å². The van der Waals surface area contributed by atoms with Crippen LogP contribution in [0.25, 0.3) is 0 Å². The highest BCUT2D eigenvalue weighted by atomic mass is 79.9. The van der Waals surface area contributed by atoms with Crippen LogP contribution in [0.3, 0.4) is 0 Å². The second kappa shape index (κ2) is 8.02. The van der Waals surface area contributed by atoms with Gasteiger partial charge in [-0.25, -0.2) is 4.79 Å². The number of carbonyl (C=O) groups is 2. The smallest absolute Gasteiger partial charge is 0.319 e. The molecule has 3 N–H and O–H groups in total. The number of carbonyl (C=O) groups excluding carboxylic acids is 1. The Morgan fingerprint density at radius 2 is 1.86 bits per heavy atom. The van der Waals surface area contributed by atoms with E-state index in [2.05, 4.69) is 26.6 Å². The summed E-state index contributed by atoms with van der Waals surface area (Å²) in [6.07, 6.45) is 1.31. The number of urea groups is 1.